The van der Waals surface area contributed by atoms with E-state index in [1.54, 1.807) is 0 Å². The fourth-order valence-electron chi connectivity index (χ4n) is 7.02. The average molecular weight is 730 g/mol. The average Bonchev–Trinajstić information content (AvgIpc) is 3.77. The molecule has 0 saturated carbocycles. The Morgan fingerprint density at radius 2 is 1.05 bits per heavy atom. The van der Waals surface area contributed by atoms with Gasteiger partial charge in [0, 0.05) is 60.9 Å². The third-order valence-corrected chi connectivity index (χ3v) is 8.90. The normalized spacial score (nSPS) is 12.5. The molecule has 2 aliphatic heterocycles. The van der Waals surface area contributed by atoms with Gasteiger partial charge in [-0.2, -0.15) is 0 Å². The monoisotopic (exact) mass is 729 g/mol. The molecule has 5 rings (SSSR count). The van der Waals surface area contributed by atoms with Gasteiger partial charge in [0.25, 0.3) is 0 Å². The summed E-state index contributed by atoms with van der Waals surface area (Å²) in [6.45, 7) is 19.2. The van der Waals surface area contributed by atoms with Gasteiger partial charge in [0.05, 0.1) is 33.8 Å². The van der Waals surface area contributed by atoms with Crippen LogP contribution in [0.25, 0.3) is 45.9 Å². The van der Waals surface area contributed by atoms with Crippen molar-refractivity contribution < 1.29 is 21.1 Å². The van der Waals surface area contributed by atoms with Gasteiger partial charge >= 0.3 is 0 Å². The zero-order chi connectivity index (χ0) is 28.6. The van der Waals surface area contributed by atoms with Gasteiger partial charge in [0.15, 0.2) is 0 Å². The zero-order valence-corrected chi connectivity index (χ0v) is 28.5. The number of aryl methyl sites for hydroxylation is 7. The Kier molecular flexibility index (Phi) is 9.96. The predicted molar refractivity (Wildman–Crippen MR) is 174 cm³/mol. The van der Waals surface area contributed by atoms with Crippen LogP contribution in [0.4, 0.5) is 0 Å². The summed E-state index contributed by atoms with van der Waals surface area (Å²) in [6.07, 6.45) is 13.6. The molecule has 0 spiro atoms. The van der Waals surface area contributed by atoms with Crippen molar-refractivity contribution in [1.82, 2.24) is 19.5 Å². The van der Waals surface area contributed by atoms with E-state index in [4.69, 9.17) is 9.97 Å². The summed E-state index contributed by atoms with van der Waals surface area (Å²) in [7, 11) is 0. The first-order valence-corrected chi connectivity index (χ1v) is 15.7. The van der Waals surface area contributed by atoms with Crippen LogP contribution in [0.15, 0.2) is 12.1 Å². The third-order valence-electron chi connectivity index (χ3n) is 8.90. The van der Waals surface area contributed by atoms with Crippen LogP contribution in [0.3, 0.4) is 0 Å². The van der Waals surface area contributed by atoms with Crippen LogP contribution >= 0.6 is 0 Å². The maximum Gasteiger partial charge on any atom is 0.0722 e. The molecule has 2 aliphatic rings. The largest absolute Gasteiger partial charge is 0.355 e. The number of H-pyrrole nitrogens is 1. The molecule has 0 aromatic carbocycles. The number of hydrogen-bond acceptors (Lipinski definition) is 2. The second-order valence-electron chi connectivity index (χ2n) is 10.8. The second kappa shape index (κ2) is 13.1. The molecule has 5 heterocycles. The van der Waals surface area contributed by atoms with Crippen LogP contribution in [0.5, 0.6) is 0 Å². The molecule has 8 bridgehead atoms. The number of nitrogens with one attached hydrogen (secondary N) is 1. The van der Waals surface area contributed by atoms with Gasteiger partial charge in [-0.15, -0.1) is 0 Å². The Morgan fingerprint density at radius 3 is 1.54 bits per heavy atom. The number of fused-ring (bicyclic) bond motifs is 8. The summed E-state index contributed by atoms with van der Waals surface area (Å²) in [6, 6.07) is 4.46. The molecule has 0 fully saturated rings. The Labute approximate surface area is 260 Å². The van der Waals surface area contributed by atoms with E-state index in [1.807, 2.05) is 0 Å². The Morgan fingerprint density at radius 1 is 0.561 bits per heavy atom. The standard InChI is InChI=1S/C36H46N4.Pt/c1-9-22-21-33-26(13-5)31-18-17-29(37-31)25(12-4)30-19-20-32(38-30)27(14-6)35-23(10-2)24(11-3)36(40(35)16-8)28(15-7)34(22)39-33;/h17-21,37H,9-16H2,1-8H3;. The fraction of sp³-hybridized carbons (Fsp3) is 0.444. The van der Waals surface area contributed by atoms with Crippen LogP contribution in [-0.4, -0.2) is 19.5 Å². The van der Waals surface area contributed by atoms with Gasteiger partial charge < -0.3 is 9.55 Å². The van der Waals surface area contributed by atoms with Crippen LogP contribution in [0, 0.1) is 0 Å². The molecule has 1 N–H and O–H groups in total. The smallest absolute Gasteiger partial charge is 0.0722 e. The maximum absolute atomic E-state index is 5.45. The molecule has 3 aromatic rings. The van der Waals surface area contributed by atoms with Gasteiger partial charge in [0.2, 0.25) is 0 Å². The van der Waals surface area contributed by atoms with E-state index < -0.39 is 0 Å². The summed E-state index contributed by atoms with van der Waals surface area (Å²) in [5.41, 5.74) is 19.2. The molecule has 220 valence electrons. The zero-order valence-electron chi connectivity index (χ0n) is 26.2. The van der Waals surface area contributed by atoms with Crippen molar-refractivity contribution in [2.24, 2.45) is 0 Å². The van der Waals surface area contributed by atoms with Gasteiger partial charge in [-0.3, -0.25) is 0 Å². The predicted octanol–water partition coefficient (Wildman–Crippen LogP) is 9.30. The molecule has 4 nitrogen and oxygen atoms in total. The third kappa shape index (κ3) is 5.11. The summed E-state index contributed by atoms with van der Waals surface area (Å²) in [5.74, 6) is 0. The van der Waals surface area contributed by atoms with E-state index in [0.717, 1.165) is 79.6 Å². The Hall–Kier alpha value is -2.71. The van der Waals surface area contributed by atoms with Gasteiger partial charge in [-0.25, -0.2) is 9.97 Å². The van der Waals surface area contributed by atoms with E-state index >= 15 is 0 Å². The summed E-state index contributed by atoms with van der Waals surface area (Å²) in [4.78, 5) is 14.5. The van der Waals surface area contributed by atoms with Gasteiger partial charge in [0.1, 0.15) is 0 Å². The molecule has 3 aromatic heterocycles. The van der Waals surface area contributed by atoms with Gasteiger partial charge in [-0.1, -0.05) is 48.5 Å². The van der Waals surface area contributed by atoms with E-state index in [9.17, 15) is 0 Å². The fourth-order valence-corrected chi connectivity index (χ4v) is 7.02. The molecule has 0 atom stereocenters. The van der Waals surface area contributed by atoms with Crippen molar-refractivity contribution in [3.05, 3.63) is 68.3 Å². The van der Waals surface area contributed by atoms with E-state index in [0.29, 0.717) is 0 Å². The molecule has 0 unspecified atom stereocenters. The Balaban J connectivity index is 0.00000387. The molecule has 41 heavy (non-hydrogen) atoms. The molecule has 0 amide bonds. The van der Waals surface area contributed by atoms with Crippen LogP contribution in [0.2, 0.25) is 0 Å². The van der Waals surface area contributed by atoms with E-state index in [2.05, 4.69) is 95.3 Å². The number of aromatic nitrogens is 4. The van der Waals surface area contributed by atoms with Crippen molar-refractivity contribution in [1.29, 1.82) is 0 Å². The molecule has 5 heteroatoms. The summed E-state index contributed by atoms with van der Waals surface area (Å²) in [5, 5.41) is 0. The van der Waals surface area contributed by atoms with Crippen molar-refractivity contribution in [3.8, 4) is 0 Å². The van der Waals surface area contributed by atoms with Crippen molar-refractivity contribution in [2.75, 3.05) is 0 Å². The minimum absolute atomic E-state index is 0. The van der Waals surface area contributed by atoms with Crippen molar-refractivity contribution >= 4 is 45.9 Å². The number of allylic oxidation sites excluding steroid dienone is 1. The number of rotatable bonds is 8. The SMILES string of the molecule is CCC1=Cc2nc1c(CC)c1c(CC)c(CC)c(c(CC)c3nc(c(CC)c4ccc([nH]4)c2CC)C=C3)n1CC.[Pt]. The minimum Gasteiger partial charge on any atom is -0.355 e. The minimum atomic E-state index is 0. The topological polar surface area (TPSA) is 46.5 Å². The molecule has 0 radical (unpaired) electrons. The molecule has 0 aliphatic carbocycles. The number of nitrogens with zero attached hydrogens (tertiary/aromatic N) is 3. The van der Waals surface area contributed by atoms with Crippen molar-refractivity contribution in [2.45, 2.75) is 107 Å². The Bertz CT molecular complexity index is 1680. The number of aromatic amines is 1. The molecular weight excluding hydrogens is 684 g/mol. The van der Waals surface area contributed by atoms with Crippen LogP contribution < -0.4 is 0 Å². The first-order chi connectivity index (χ1) is 19.5. The number of hydrogen-bond donors (Lipinski definition) is 1. The first-order valence-electron chi connectivity index (χ1n) is 15.7. The van der Waals surface area contributed by atoms with Crippen molar-refractivity contribution in [3.63, 3.8) is 0 Å². The molecule has 0 saturated heterocycles. The quantitative estimate of drug-likeness (QED) is 0.197. The first kappa shape index (κ1) is 31.2. The summed E-state index contributed by atoms with van der Waals surface area (Å²) < 4.78 is 2.61. The second-order valence-corrected chi connectivity index (χ2v) is 10.8. The van der Waals surface area contributed by atoms with E-state index in [1.165, 1.54) is 55.7 Å². The van der Waals surface area contributed by atoms with Gasteiger partial charge in [-0.05, 0) is 98.9 Å². The van der Waals surface area contributed by atoms with Crippen LogP contribution in [0.1, 0.15) is 118 Å². The van der Waals surface area contributed by atoms with E-state index in [-0.39, 0.29) is 21.1 Å². The van der Waals surface area contributed by atoms with Crippen LogP contribution in [-0.2, 0) is 66.1 Å². The molecular formula is C36H46N4Pt. The summed E-state index contributed by atoms with van der Waals surface area (Å²) >= 11 is 0. The maximum atomic E-state index is 5.45.